The Morgan fingerprint density at radius 1 is 1.21 bits per heavy atom. The van der Waals surface area contributed by atoms with E-state index in [0.717, 1.165) is 12.1 Å². The molecule has 0 saturated heterocycles. The second-order valence-electron chi connectivity index (χ2n) is 4.32. The van der Waals surface area contributed by atoms with Crippen LogP contribution in [0.15, 0.2) is 24.4 Å². The lowest BCUT2D eigenvalue weighted by Gasteiger charge is -2.19. The number of aromatic amines is 1. The molecule has 0 fully saturated rings. The third-order valence-corrected chi connectivity index (χ3v) is 2.76. The Labute approximate surface area is 108 Å². The summed E-state index contributed by atoms with van der Waals surface area (Å²) in [5.41, 5.74) is 6.46. The third-order valence-electron chi connectivity index (χ3n) is 2.76. The lowest BCUT2D eigenvalue weighted by atomic mass is 10.0. The number of alkyl halides is 3. The fourth-order valence-electron chi connectivity index (χ4n) is 1.83. The Kier molecular flexibility index (Phi) is 3.13. The standard InChI is InChI=1S/C12H13F3N4/c1-19(2)10-4-3-7(12(13,14)15)5-8(10)9-6-17-18-11(9)16/h3-6H,1-2H3,(H3,16,17,18). The first-order valence-electron chi connectivity index (χ1n) is 5.48. The second-order valence-corrected chi connectivity index (χ2v) is 4.32. The SMILES string of the molecule is CN(C)c1ccc(C(F)(F)F)cc1-c1cn[nH]c1N. The summed E-state index contributed by atoms with van der Waals surface area (Å²) in [5, 5.41) is 6.26. The van der Waals surface area contributed by atoms with Crippen molar-refractivity contribution >= 4 is 11.5 Å². The number of benzene rings is 1. The third kappa shape index (κ3) is 2.49. The molecular weight excluding hydrogens is 257 g/mol. The van der Waals surface area contributed by atoms with Gasteiger partial charge in [-0.25, -0.2) is 0 Å². The first-order valence-corrected chi connectivity index (χ1v) is 5.48. The van der Waals surface area contributed by atoms with Gasteiger partial charge >= 0.3 is 6.18 Å². The summed E-state index contributed by atoms with van der Waals surface area (Å²) in [5.74, 6) is 0.238. The van der Waals surface area contributed by atoms with Gasteiger partial charge in [-0.3, -0.25) is 5.10 Å². The van der Waals surface area contributed by atoms with Crippen LogP contribution in [0.4, 0.5) is 24.7 Å². The summed E-state index contributed by atoms with van der Waals surface area (Å²) >= 11 is 0. The normalized spacial score (nSPS) is 11.6. The van der Waals surface area contributed by atoms with Gasteiger partial charge in [0.2, 0.25) is 0 Å². The molecule has 4 nitrogen and oxygen atoms in total. The lowest BCUT2D eigenvalue weighted by Crippen LogP contribution is -2.12. The van der Waals surface area contributed by atoms with Crippen molar-refractivity contribution in [2.24, 2.45) is 0 Å². The zero-order valence-corrected chi connectivity index (χ0v) is 10.4. The minimum absolute atomic E-state index is 0.238. The Hall–Kier alpha value is -2.18. The van der Waals surface area contributed by atoms with E-state index in [4.69, 9.17) is 5.73 Å². The average Bonchev–Trinajstić information content (AvgIpc) is 2.73. The second kappa shape index (κ2) is 4.49. The van der Waals surface area contributed by atoms with Crippen LogP contribution in [-0.2, 0) is 6.18 Å². The van der Waals surface area contributed by atoms with Gasteiger partial charge in [0.05, 0.1) is 11.8 Å². The van der Waals surface area contributed by atoms with Crippen LogP contribution >= 0.6 is 0 Å². The van der Waals surface area contributed by atoms with Gasteiger partial charge in [0, 0.05) is 30.9 Å². The van der Waals surface area contributed by atoms with Crippen molar-refractivity contribution in [3.63, 3.8) is 0 Å². The number of H-pyrrole nitrogens is 1. The number of rotatable bonds is 2. The Balaban J connectivity index is 2.65. The van der Waals surface area contributed by atoms with Crippen LogP contribution in [-0.4, -0.2) is 24.3 Å². The highest BCUT2D eigenvalue weighted by Gasteiger charge is 2.31. The van der Waals surface area contributed by atoms with E-state index in [9.17, 15) is 13.2 Å². The van der Waals surface area contributed by atoms with Crippen LogP contribution in [0.2, 0.25) is 0 Å². The predicted molar refractivity (Wildman–Crippen MR) is 67.8 cm³/mol. The van der Waals surface area contributed by atoms with Crippen LogP contribution in [0.25, 0.3) is 11.1 Å². The highest BCUT2D eigenvalue weighted by molar-refractivity contribution is 5.84. The van der Waals surface area contributed by atoms with Gasteiger partial charge in [-0.1, -0.05) is 0 Å². The summed E-state index contributed by atoms with van der Waals surface area (Å²) in [6.07, 6.45) is -2.98. The minimum atomic E-state index is -4.39. The number of halogens is 3. The molecule has 102 valence electrons. The first kappa shape index (κ1) is 13.3. The molecule has 0 aliphatic rings. The maximum Gasteiger partial charge on any atom is 0.416 e. The molecule has 1 heterocycles. The van der Waals surface area contributed by atoms with Gasteiger partial charge in [-0.15, -0.1) is 0 Å². The summed E-state index contributed by atoms with van der Waals surface area (Å²) in [4.78, 5) is 1.72. The van der Waals surface area contributed by atoms with Crippen molar-refractivity contribution in [1.82, 2.24) is 10.2 Å². The number of nitrogens with zero attached hydrogens (tertiary/aromatic N) is 2. The van der Waals surface area contributed by atoms with Gasteiger partial charge < -0.3 is 10.6 Å². The van der Waals surface area contributed by atoms with E-state index in [2.05, 4.69) is 10.2 Å². The number of nitrogens with two attached hydrogens (primary N) is 1. The molecule has 1 aromatic carbocycles. The molecule has 7 heteroatoms. The Bertz CT molecular complexity index is 587. The molecule has 0 radical (unpaired) electrons. The highest BCUT2D eigenvalue weighted by Crippen LogP contribution is 2.38. The number of nitrogen functional groups attached to an aromatic ring is 1. The lowest BCUT2D eigenvalue weighted by molar-refractivity contribution is -0.137. The van der Waals surface area contributed by atoms with Crippen LogP contribution in [0, 0.1) is 0 Å². The van der Waals surface area contributed by atoms with E-state index in [1.54, 1.807) is 19.0 Å². The summed E-state index contributed by atoms with van der Waals surface area (Å²) in [6.45, 7) is 0. The molecule has 0 amide bonds. The molecule has 0 aliphatic carbocycles. The smallest absolute Gasteiger partial charge is 0.384 e. The van der Waals surface area contributed by atoms with Crippen LogP contribution < -0.4 is 10.6 Å². The summed E-state index contributed by atoms with van der Waals surface area (Å²) in [6, 6.07) is 3.55. The summed E-state index contributed by atoms with van der Waals surface area (Å²) in [7, 11) is 3.50. The van der Waals surface area contributed by atoms with E-state index >= 15 is 0 Å². The minimum Gasteiger partial charge on any atom is -0.384 e. The molecule has 3 N–H and O–H groups in total. The van der Waals surface area contributed by atoms with Gasteiger partial charge in [0.1, 0.15) is 5.82 Å². The maximum atomic E-state index is 12.8. The van der Waals surface area contributed by atoms with Gasteiger partial charge in [0.15, 0.2) is 0 Å². The zero-order chi connectivity index (χ0) is 14.2. The molecule has 2 rings (SSSR count). The number of hydrogen-bond acceptors (Lipinski definition) is 3. The molecule has 19 heavy (non-hydrogen) atoms. The molecule has 0 atom stereocenters. The molecular formula is C12H13F3N4. The number of hydrogen-bond donors (Lipinski definition) is 2. The predicted octanol–water partition coefficient (Wildman–Crippen LogP) is 2.74. The molecule has 0 unspecified atom stereocenters. The molecule has 0 aliphatic heterocycles. The topological polar surface area (TPSA) is 57.9 Å². The molecule has 0 saturated carbocycles. The summed E-state index contributed by atoms with van der Waals surface area (Å²) < 4.78 is 38.3. The van der Waals surface area contributed by atoms with Gasteiger partial charge in [-0.2, -0.15) is 18.3 Å². The fourth-order valence-corrected chi connectivity index (χ4v) is 1.83. The van der Waals surface area contributed by atoms with E-state index in [0.29, 0.717) is 16.8 Å². The number of aromatic nitrogens is 2. The van der Waals surface area contributed by atoms with Crippen molar-refractivity contribution in [2.45, 2.75) is 6.18 Å². The molecule has 2 aromatic rings. The van der Waals surface area contributed by atoms with E-state index in [-0.39, 0.29) is 5.82 Å². The molecule has 1 aromatic heterocycles. The quantitative estimate of drug-likeness (QED) is 0.882. The van der Waals surface area contributed by atoms with Crippen molar-refractivity contribution in [3.05, 3.63) is 30.0 Å². The van der Waals surface area contributed by atoms with Crippen LogP contribution in [0.5, 0.6) is 0 Å². The molecule has 0 bridgehead atoms. The first-order chi connectivity index (χ1) is 8.80. The van der Waals surface area contributed by atoms with E-state index < -0.39 is 11.7 Å². The fraction of sp³-hybridized carbons (Fsp3) is 0.250. The van der Waals surface area contributed by atoms with E-state index in [1.165, 1.54) is 12.3 Å². The van der Waals surface area contributed by atoms with Gasteiger partial charge in [0.25, 0.3) is 0 Å². The average molecular weight is 270 g/mol. The Morgan fingerprint density at radius 3 is 2.37 bits per heavy atom. The zero-order valence-electron chi connectivity index (χ0n) is 10.4. The van der Waals surface area contributed by atoms with Crippen molar-refractivity contribution in [2.75, 3.05) is 24.7 Å². The van der Waals surface area contributed by atoms with Crippen LogP contribution in [0.1, 0.15) is 5.56 Å². The van der Waals surface area contributed by atoms with E-state index in [1.807, 2.05) is 0 Å². The van der Waals surface area contributed by atoms with Crippen molar-refractivity contribution < 1.29 is 13.2 Å². The van der Waals surface area contributed by atoms with Crippen molar-refractivity contribution in [1.29, 1.82) is 0 Å². The van der Waals surface area contributed by atoms with Crippen LogP contribution in [0.3, 0.4) is 0 Å². The maximum absolute atomic E-state index is 12.8. The largest absolute Gasteiger partial charge is 0.416 e. The van der Waals surface area contributed by atoms with Crippen molar-refractivity contribution in [3.8, 4) is 11.1 Å². The molecule has 0 spiro atoms. The monoisotopic (exact) mass is 270 g/mol. The highest BCUT2D eigenvalue weighted by atomic mass is 19.4. The van der Waals surface area contributed by atoms with Gasteiger partial charge in [-0.05, 0) is 18.2 Å². The number of nitrogens with one attached hydrogen (secondary N) is 1. The Morgan fingerprint density at radius 2 is 1.89 bits per heavy atom. The number of anilines is 2.